The smallest absolute Gasteiger partial charge is 0.118 e. The lowest BCUT2D eigenvalue weighted by atomic mass is 10.1. The Morgan fingerprint density at radius 2 is 1.62 bits per heavy atom. The van der Waals surface area contributed by atoms with Crippen LogP contribution >= 0.6 is 0 Å². The number of aliphatic hydroxyl groups excluding tert-OH is 1. The summed E-state index contributed by atoms with van der Waals surface area (Å²) in [5, 5.41) is 10.0. The summed E-state index contributed by atoms with van der Waals surface area (Å²) in [4.78, 5) is 0. The third-order valence-corrected chi connectivity index (χ3v) is 5.10. The summed E-state index contributed by atoms with van der Waals surface area (Å²) in [6.45, 7) is 2.15. The summed E-state index contributed by atoms with van der Waals surface area (Å²) in [6.07, 6.45) is 3.94. The first-order valence-corrected chi connectivity index (χ1v) is 10.4. The molecule has 158 valence electrons. The van der Waals surface area contributed by atoms with Gasteiger partial charge in [-0.05, 0) is 36.1 Å². The van der Waals surface area contributed by atoms with Crippen LogP contribution in [0.2, 0.25) is 0 Å². The monoisotopic (exact) mass is 400 g/mol. The maximum absolute atomic E-state index is 10.0. The van der Waals surface area contributed by atoms with Gasteiger partial charge in [-0.15, -0.1) is 0 Å². The van der Waals surface area contributed by atoms with E-state index in [0.29, 0.717) is 32.5 Å². The van der Waals surface area contributed by atoms with Gasteiger partial charge in [0, 0.05) is 0 Å². The van der Waals surface area contributed by atoms with Crippen LogP contribution in [0.4, 0.5) is 0 Å². The second-order valence-corrected chi connectivity index (χ2v) is 7.52. The standard InChI is InChI=1S/C24H32O5/c1-26-22-13-11-20(12-14-22)16-28-18-24-23(29-24)10-6-5-9-21(25)17-27-15-19-7-3-2-4-8-19/h2-4,7-8,11-14,21,23-25H,5-6,9-10,15-18H2,1H3/t21-,23+,24+/m1/s1. The Kier molecular flexibility index (Phi) is 8.96. The van der Waals surface area contributed by atoms with Crippen LogP contribution in [0, 0.1) is 0 Å². The quantitative estimate of drug-likeness (QED) is 0.382. The largest absolute Gasteiger partial charge is 0.497 e. The number of epoxide rings is 1. The molecule has 0 aliphatic carbocycles. The third kappa shape index (κ3) is 8.15. The van der Waals surface area contributed by atoms with Crippen LogP contribution < -0.4 is 4.74 Å². The van der Waals surface area contributed by atoms with Gasteiger partial charge in [-0.2, -0.15) is 0 Å². The molecule has 1 heterocycles. The van der Waals surface area contributed by atoms with E-state index in [1.165, 1.54) is 0 Å². The van der Waals surface area contributed by atoms with Crippen LogP contribution in [0.1, 0.15) is 36.8 Å². The summed E-state index contributed by atoms with van der Waals surface area (Å²) in [5.41, 5.74) is 2.26. The fourth-order valence-corrected chi connectivity index (χ4v) is 3.29. The van der Waals surface area contributed by atoms with Crippen molar-refractivity contribution >= 4 is 0 Å². The maximum atomic E-state index is 10.0. The lowest BCUT2D eigenvalue weighted by molar-refractivity contribution is 0.0233. The molecule has 0 amide bonds. The number of ether oxygens (including phenoxy) is 4. The highest BCUT2D eigenvalue weighted by atomic mass is 16.6. The van der Waals surface area contributed by atoms with Crippen LogP contribution in [-0.2, 0) is 27.4 Å². The van der Waals surface area contributed by atoms with E-state index in [-0.39, 0.29) is 6.10 Å². The van der Waals surface area contributed by atoms with Gasteiger partial charge in [-0.3, -0.25) is 0 Å². The SMILES string of the molecule is COc1ccc(COC[C@@H]2O[C@H]2CCCC[C@@H](O)COCc2ccccc2)cc1. The lowest BCUT2D eigenvalue weighted by Gasteiger charge is -2.11. The molecule has 0 aromatic heterocycles. The molecule has 1 fully saturated rings. The van der Waals surface area contributed by atoms with Crippen LogP contribution in [0.5, 0.6) is 5.75 Å². The van der Waals surface area contributed by atoms with Crippen molar-refractivity contribution in [3.8, 4) is 5.75 Å². The van der Waals surface area contributed by atoms with E-state index in [1.807, 2.05) is 54.6 Å². The van der Waals surface area contributed by atoms with Crippen molar-refractivity contribution in [2.24, 2.45) is 0 Å². The number of methoxy groups -OCH3 is 1. The van der Waals surface area contributed by atoms with E-state index in [1.54, 1.807) is 7.11 Å². The predicted octanol–water partition coefficient (Wildman–Crippen LogP) is 4.12. The second-order valence-electron chi connectivity index (χ2n) is 7.52. The van der Waals surface area contributed by atoms with E-state index < -0.39 is 6.10 Å². The van der Waals surface area contributed by atoms with Crippen LogP contribution in [-0.4, -0.2) is 43.7 Å². The lowest BCUT2D eigenvalue weighted by Crippen LogP contribution is -2.15. The molecule has 1 N–H and O–H groups in total. The van der Waals surface area contributed by atoms with Crippen molar-refractivity contribution in [3.63, 3.8) is 0 Å². The number of aliphatic hydroxyl groups is 1. The van der Waals surface area contributed by atoms with Gasteiger partial charge in [0.25, 0.3) is 0 Å². The molecule has 2 aromatic carbocycles. The summed E-state index contributed by atoms with van der Waals surface area (Å²) < 4.78 is 22.2. The number of rotatable bonds is 14. The van der Waals surface area contributed by atoms with Gasteiger partial charge in [0.1, 0.15) is 11.9 Å². The Balaban J connectivity index is 1.16. The van der Waals surface area contributed by atoms with Gasteiger partial charge in [0.15, 0.2) is 0 Å². The summed E-state index contributed by atoms with van der Waals surface area (Å²) in [5.74, 6) is 0.854. The van der Waals surface area contributed by atoms with Crippen molar-refractivity contribution in [2.45, 2.75) is 57.2 Å². The molecule has 5 nitrogen and oxygen atoms in total. The van der Waals surface area contributed by atoms with Gasteiger partial charge in [-0.1, -0.05) is 55.3 Å². The zero-order valence-corrected chi connectivity index (χ0v) is 17.2. The molecule has 0 radical (unpaired) electrons. The Morgan fingerprint density at radius 3 is 2.38 bits per heavy atom. The molecule has 0 unspecified atom stereocenters. The molecule has 3 atom stereocenters. The van der Waals surface area contributed by atoms with Gasteiger partial charge in [0.2, 0.25) is 0 Å². The van der Waals surface area contributed by atoms with Gasteiger partial charge < -0.3 is 24.1 Å². The summed E-state index contributed by atoms with van der Waals surface area (Å²) in [6, 6.07) is 17.9. The number of unbranched alkanes of at least 4 members (excludes halogenated alkanes) is 1. The molecule has 0 bridgehead atoms. The molecule has 5 heteroatoms. The number of hydrogen-bond acceptors (Lipinski definition) is 5. The normalized spacial score (nSPS) is 19.1. The van der Waals surface area contributed by atoms with E-state index >= 15 is 0 Å². The van der Waals surface area contributed by atoms with Crippen molar-refractivity contribution in [3.05, 3.63) is 65.7 Å². The highest BCUT2D eigenvalue weighted by Gasteiger charge is 2.37. The van der Waals surface area contributed by atoms with Gasteiger partial charge in [0.05, 0.1) is 45.7 Å². The van der Waals surface area contributed by atoms with E-state index in [0.717, 1.165) is 42.6 Å². The first-order valence-electron chi connectivity index (χ1n) is 10.4. The van der Waals surface area contributed by atoms with Gasteiger partial charge >= 0.3 is 0 Å². The number of hydrogen-bond donors (Lipinski definition) is 1. The molecule has 1 aliphatic rings. The first-order chi connectivity index (χ1) is 14.2. The Labute approximate surface area is 173 Å². The van der Waals surface area contributed by atoms with Crippen molar-refractivity contribution in [1.82, 2.24) is 0 Å². The maximum Gasteiger partial charge on any atom is 0.118 e. The topological polar surface area (TPSA) is 60.5 Å². The number of benzene rings is 2. The van der Waals surface area contributed by atoms with E-state index in [9.17, 15) is 5.11 Å². The summed E-state index contributed by atoms with van der Waals surface area (Å²) >= 11 is 0. The van der Waals surface area contributed by atoms with Crippen LogP contribution in [0.3, 0.4) is 0 Å². The van der Waals surface area contributed by atoms with E-state index in [4.69, 9.17) is 18.9 Å². The molecule has 1 aliphatic heterocycles. The predicted molar refractivity (Wildman–Crippen MR) is 112 cm³/mol. The van der Waals surface area contributed by atoms with E-state index in [2.05, 4.69) is 0 Å². The minimum Gasteiger partial charge on any atom is -0.497 e. The zero-order chi connectivity index (χ0) is 20.3. The highest BCUT2D eigenvalue weighted by Crippen LogP contribution is 2.28. The molecule has 29 heavy (non-hydrogen) atoms. The molecule has 3 rings (SSSR count). The van der Waals surface area contributed by atoms with Crippen molar-refractivity contribution in [2.75, 3.05) is 20.3 Å². The Hall–Kier alpha value is -1.92. The molecular weight excluding hydrogens is 368 g/mol. The highest BCUT2D eigenvalue weighted by molar-refractivity contribution is 5.26. The molecule has 2 aromatic rings. The average molecular weight is 401 g/mol. The Morgan fingerprint density at radius 1 is 0.897 bits per heavy atom. The van der Waals surface area contributed by atoms with Crippen molar-refractivity contribution < 1.29 is 24.1 Å². The molecule has 1 saturated heterocycles. The molecular formula is C24H32O5. The fourth-order valence-electron chi connectivity index (χ4n) is 3.29. The zero-order valence-electron chi connectivity index (χ0n) is 17.2. The van der Waals surface area contributed by atoms with Gasteiger partial charge in [-0.25, -0.2) is 0 Å². The fraction of sp³-hybridized carbons (Fsp3) is 0.500. The third-order valence-electron chi connectivity index (χ3n) is 5.10. The molecule has 0 spiro atoms. The van der Waals surface area contributed by atoms with Crippen LogP contribution in [0.25, 0.3) is 0 Å². The summed E-state index contributed by atoms with van der Waals surface area (Å²) in [7, 11) is 1.66. The minimum atomic E-state index is -0.400. The van der Waals surface area contributed by atoms with Crippen molar-refractivity contribution in [1.29, 1.82) is 0 Å². The average Bonchev–Trinajstić information content (AvgIpc) is 3.50. The van der Waals surface area contributed by atoms with Crippen LogP contribution in [0.15, 0.2) is 54.6 Å². The Bertz CT molecular complexity index is 688. The molecule has 0 saturated carbocycles. The minimum absolute atomic E-state index is 0.215. The second kappa shape index (κ2) is 11.9. The first kappa shape index (κ1) is 21.8.